The summed E-state index contributed by atoms with van der Waals surface area (Å²) in [5, 5.41) is 5.20. The summed E-state index contributed by atoms with van der Waals surface area (Å²) in [6.07, 6.45) is 3.39. The Bertz CT molecular complexity index is 682. The van der Waals surface area contributed by atoms with Gasteiger partial charge in [0, 0.05) is 18.5 Å². The largest absolute Gasteiger partial charge is 0.496 e. The molecule has 1 N–H and O–H groups in total. The number of hydrogen-bond donors (Lipinski definition) is 1. The average molecular weight is 329 g/mol. The number of nitrogens with one attached hydrogen (secondary N) is 1. The van der Waals surface area contributed by atoms with Crippen molar-refractivity contribution in [2.45, 2.75) is 39.5 Å². The van der Waals surface area contributed by atoms with E-state index in [0.717, 1.165) is 53.7 Å². The van der Waals surface area contributed by atoms with Gasteiger partial charge in [0.15, 0.2) is 0 Å². The molecule has 2 rings (SSSR count). The van der Waals surface area contributed by atoms with E-state index in [-0.39, 0.29) is 5.91 Å². The van der Waals surface area contributed by atoms with Gasteiger partial charge >= 0.3 is 0 Å². The van der Waals surface area contributed by atoms with E-state index in [1.807, 2.05) is 19.1 Å². The van der Waals surface area contributed by atoms with Crippen molar-refractivity contribution in [3.63, 3.8) is 0 Å². The second kappa shape index (κ2) is 9.16. The summed E-state index contributed by atoms with van der Waals surface area (Å²) in [7, 11) is 1.68. The summed E-state index contributed by atoms with van der Waals surface area (Å²) >= 11 is 0. The molecule has 24 heavy (non-hydrogen) atoms. The summed E-state index contributed by atoms with van der Waals surface area (Å²) in [6, 6.07) is 10.2. The second-order valence-electron chi connectivity index (χ2n) is 5.78. The van der Waals surface area contributed by atoms with Crippen molar-refractivity contribution in [3.05, 3.63) is 35.9 Å². The Kier molecular flexibility index (Phi) is 6.91. The predicted molar refractivity (Wildman–Crippen MR) is 97.9 cm³/mol. The summed E-state index contributed by atoms with van der Waals surface area (Å²) in [6.45, 7) is 5.34. The molecule has 2 aromatic rings. The molecule has 0 bridgehead atoms. The maximum atomic E-state index is 11.5. The molecular weight excluding hydrogens is 302 g/mol. The lowest BCUT2D eigenvalue weighted by atomic mass is 10.0. The molecule has 0 aliphatic rings. The molecule has 0 saturated heterocycles. The van der Waals surface area contributed by atoms with Crippen LogP contribution in [0.1, 0.15) is 38.7 Å². The first-order valence-corrected chi connectivity index (χ1v) is 8.68. The van der Waals surface area contributed by atoms with Gasteiger partial charge in [-0.25, -0.2) is 0 Å². The fourth-order valence-electron chi connectivity index (χ4n) is 2.67. The molecule has 0 spiro atoms. The van der Waals surface area contributed by atoms with Gasteiger partial charge in [-0.2, -0.15) is 0 Å². The number of ether oxygens (including phenoxy) is 2. The van der Waals surface area contributed by atoms with Gasteiger partial charge in [0.1, 0.15) is 11.5 Å². The van der Waals surface area contributed by atoms with Crippen molar-refractivity contribution < 1.29 is 14.3 Å². The number of fused-ring (bicyclic) bond motifs is 1. The Morgan fingerprint density at radius 2 is 1.96 bits per heavy atom. The Hall–Kier alpha value is -2.23. The number of carbonyl (C=O) groups excluding carboxylic acids is 1. The lowest BCUT2D eigenvalue weighted by molar-refractivity contribution is -0.120. The molecule has 4 heteroatoms. The van der Waals surface area contributed by atoms with E-state index in [4.69, 9.17) is 9.47 Å². The van der Waals surface area contributed by atoms with Gasteiger partial charge in [0.2, 0.25) is 5.91 Å². The SMILES string of the molecule is CCCCOc1ccc2ccc(OC)c(CCNC(=O)CC)c2c1. The van der Waals surface area contributed by atoms with E-state index >= 15 is 0 Å². The summed E-state index contributed by atoms with van der Waals surface area (Å²) in [5.74, 6) is 1.79. The topological polar surface area (TPSA) is 47.6 Å². The van der Waals surface area contributed by atoms with Gasteiger partial charge in [-0.3, -0.25) is 4.79 Å². The molecule has 0 aliphatic heterocycles. The summed E-state index contributed by atoms with van der Waals surface area (Å²) in [4.78, 5) is 11.5. The lowest BCUT2D eigenvalue weighted by Crippen LogP contribution is -2.24. The molecule has 4 nitrogen and oxygen atoms in total. The number of hydrogen-bond acceptors (Lipinski definition) is 3. The van der Waals surface area contributed by atoms with Crippen molar-refractivity contribution in [2.75, 3.05) is 20.3 Å². The van der Waals surface area contributed by atoms with Crippen LogP contribution in [0.15, 0.2) is 30.3 Å². The number of methoxy groups -OCH3 is 1. The van der Waals surface area contributed by atoms with Gasteiger partial charge < -0.3 is 14.8 Å². The molecule has 0 saturated carbocycles. The van der Waals surface area contributed by atoms with Crippen molar-refractivity contribution in [3.8, 4) is 11.5 Å². The molecule has 2 aromatic carbocycles. The number of amides is 1. The number of rotatable bonds is 9. The van der Waals surface area contributed by atoms with Crippen molar-refractivity contribution in [2.24, 2.45) is 0 Å². The van der Waals surface area contributed by atoms with Gasteiger partial charge in [-0.15, -0.1) is 0 Å². The zero-order chi connectivity index (χ0) is 17.4. The third kappa shape index (κ3) is 4.63. The van der Waals surface area contributed by atoms with Crippen LogP contribution in [-0.4, -0.2) is 26.2 Å². The van der Waals surface area contributed by atoms with Crippen LogP contribution in [0.2, 0.25) is 0 Å². The highest BCUT2D eigenvalue weighted by Gasteiger charge is 2.10. The van der Waals surface area contributed by atoms with Crippen molar-refractivity contribution >= 4 is 16.7 Å². The first-order valence-electron chi connectivity index (χ1n) is 8.68. The van der Waals surface area contributed by atoms with Crippen LogP contribution in [0.4, 0.5) is 0 Å². The summed E-state index contributed by atoms with van der Waals surface area (Å²) < 4.78 is 11.4. The van der Waals surface area contributed by atoms with E-state index in [2.05, 4.69) is 30.4 Å². The molecular formula is C20H27NO3. The molecule has 0 fully saturated rings. The quantitative estimate of drug-likeness (QED) is 0.705. The normalized spacial score (nSPS) is 10.6. The zero-order valence-corrected chi connectivity index (χ0v) is 14.9. The Morgan fingerprint density at radius 3 is 2.67 bits per heavy atom. The Labute approximate surface area is 144 Å². The standard InChI is InChI=1S/C20H27NO3/c1-4-6-13-24-16-9-7-15-8-10-19(23-3)17(18(15)14-16)11-12-21-20(22)5-2/h7-10,14H,4-6,11-13H2,1-3H3,(H,21,22). The van der Waals surface area contributed by atoms with Crippen LogP contribution >= 0.6 is 0 Å². The fraction of sp³-hybridized carbons (Fsp3) is 0.450. The molecule has 0 unspecified atom stereocenters. The van der Waals surface area contributed by atoms with E-state index in [1.54, 1.807) is 7.11 Å². The van der Waals surface area contributed by atoms with E-state index < -0.39 is 0 Å². The number of unbranched alkanes of at least 4 members (excludes halogenated alkanes) is 1. The van der Waals surface area contributed by atoms with E-state index in [1.165, 1.54) is 0 Å². The molecule has 0 aliphatic carbocycles. The van der Waals surface area contributed by atoms with Crippen LogP contribution in [0.3, 0.4) is 0 Å². The second-order valence-corrected chi connectivity index (χ2v) is 5.78. The van der Waals surface area contributed by atoms with Gasteiger partial charge in [-0.1, -0.05) is 32.4 Å². The third-order valence-corrected chi connectivity index (χ3v) is 4.07. The van der Waals surface area contributed by atoms with Crippen LogP contribution in [-0.2, 0) is 11.2 Å². The number of carbonyl (C=O) groups is 1. The first kappa shape index (κ1) is 18.1. The van der Waals surface area contributed by atoms with Crippen LogP contribution in [0, 0.1) is 0 Å². The maximum Gasteiger partial charge on any atom is 0.219 e. The van der Waals surface area contributed by atoms with Crippen LogP contribution in [0.25, 0.3) is 10.8 Å². The minimum atomic E-state index is 0.0674. The van der Waals surface area contributed by atoms with Gasteiger partial charge in [0.25, 0.3) is 0 Å². The van der Waals surface area contributed by atoms with E-state index in [9.17, 15) is 4.79 Å². The monoisotopic (exact) mass is 329 g/mol. The van der Waals surface area contributed by atoms with Crippen LogP contribution in [0.5, 0.6) is 11.5 Å². The minimum absolute atomic E-state index is 0.0674. The highest BCUT2D eigenvalue weighted by Crippen LogP contribution is 2.31. The van der Waals surface area contributed by atoms with Crippen molar-refractivity contribution in [1.82, 2.24) is 5.32 Å². The molecule has 0 heterocycles. The van der Waals surface area contributed by atoms with Gasteiger partial charge in [-0.05, 0) is 41.8 Å². The smallest absolute Gasteiger partial charge is 0.219 e. The lowest BCUT2D eigenvalue weighted by Gasteiger charge is -2.14. The van der Waals surface area contributed by atoms with Gasteiger partial charge in [0.05, 0.1) is 13.7 Å². The molecule has 0 atom stereocenters. The highest BCUT2D eigenvalue weighted by atomic mass is 16.5. The Morgan fingerprint density at radius 1 is 1.17 bits per heavy atom. The molecule has 1 amide bonds. The number of benzene rings is 2. The zero-order valence-electron chi connectivity index (χ0n) is 14.9. The molecule has 0 aromatic heterocycles. The highest BCUT2D eigenvalue weighted by molar-refractivity contribution is 5.89. The predicted octanol–water partition coefficient (Wildman–Crippen LogP) is 4.10. The van der Waals surface area contributed by atoms with E-state index in [0.29, 0.717) is 13.0 Å². The molecule has 130 valence electrons. The first-order chi connectivity index (χ1) is 11.7. The average Bonchev–Trinajstić information content (AvgIpc) is 2.61. The van der Waals surface area contributed by atoms with Crippen molar-refractivity contribution in [1.29, 1.82) is 0 Å². The van der Waals surface area contributed by atoms with Crippen LogP contribution < -0.4 is 14.8 Å². The minimum Gasteiger partial charge on any atom is -0.496 e. The maximum absolute atomic E-state index is 11.5. The third-order valence-electron chi connectivity index (χ3n) is 4.07. The molecule has 0 radical (unpaired) electrons. The fourth-order valence-corrected chi connectivity index (χ4v) is 2.67. The summed E-state index contributed by atoms with van der Waals surface area (Å²) in [5.41, 5.74) is 1.10. The Balaban J connectivity index is 2.26.